The van der Waals surface area contributed by atoms with E-state index in [1.54, 1.807) is 6.92 Å². The first kappa shape index (κ1) is 102. The van der Waals surface area contributed by atoms with E-state index in [2.05, 4.69) is 4.74 Å². The number of hydrogen-bond acceptors (Lipinski definition) is 1. The van der Waals surface area contributed by atoms with Crippen molar-refractivity contribution in [3.8, 4) is 0 Å². The van der Waals surface area contributed by atoms with Gasteiger partial charge in [0.1, 0.15) is 15.7 Å². The van der Waals surface area contributed by atoms with Crippen molar-refractivity contribution in [3.63, 3.8) is 0 Å². The zero-order chi connectivity index (χ0) is 56.5. The number of benzene rings is 3. The zero-order valence-corrected chi connectivity index (χ0v) is 37.2. The molecule has 0 aromatic heterocycles. The van der Waals surface area contributed by atoms with Crippen molar-refractivity contribution in [2.75, 3.05) is 20.0 Å². The largest absolute Gasteiger partial charge is 0.522 e. The number of hydrogen-bond donors (Lipinski definition) is 0. The van der Waals surface area contributed by atoms with Crippen LogP contribution in [0.4, 0.5) is 127 Å². The van der Waals surface area contributed by atoms with Crippen LogP contribution in [0.25, 0.3) is 0 Å². The summed E-state index contributed by atoms with van der Waals surface area (Å²) in [5.41, 5.74) is -1.54. The molecule has 0 N–H and O–H groups in total. The van der Waals surface area contributed by atoms with Gasteiger partial charge in [-0.15, -0.1) is 13.2 Å². The lowest BCUT2D eigenvalue weighted by Crippen LogP contribution is -2.35. The third kappa shape index (κ3) is 51.4. The first-order chi connectivity index (χ1) is 29.8. The molecule has 3 rings (SSSR count). The summed E-state index contributed by atoms with van der Waals surface area (Å²) in [5, 5.41) is 0. The van der Waals surface area contributed by atoms with Gasteiger partial charge in [0.2, 0.25) is 0 Å². The van der Waals surface area contributed by atoms with E-state index in [4.69, 9.17) is 0 Å². The Labute approximate surface area is 432 Å². The van der Waals surface area contributed by atoms with Crippen LogP contribution in [0.3, 0.4) is 0 Å². The Morgan fingerprint density at radius 2 is 0.688 bits per heavy atom. The van der Waals surface area contributed by atoms with Crippen molar-refractivity contribution in [1.29, 1.82) is 0 Å². The van der Waals surface area contributed by atoms with E-state index < -0.39 is 97.6 Å². The Bertz CT molecular complexity index is 1870. The molecule has 3 aromatic rings. The topological polar surface area (TPSA) is 9.23 Å². The van der Waals surface area contributed by atoms with Gasteiger partial charge in [0, 0.05) is 0 Å². The van der Waals surface area contributed by atoms with Crippen molar-refractivity contribution >= 4 is 20.4 Å². The third-order valence-electron chi connectivity index (χ3n) is 6.63. The standard InChI is InChI=1S/C9H6F6.C8H9F5S.C7H7F5S.C5H6F6.C3H5F3O.C2H2F4.C2H5F.8CH4/c1-5-2-6(8(10,11)12)4-7(3-5)9(13,14)15;1-2-7-3-5-8(6-4-7)14(9,10,11,12)13;1-6-2-4-7(5-3-6)13(8,9,10,11)12;1-2-3(4(6,7)8)5(9,10)11;1-2-7-3(4,5)6;3-1-2(4,5)6;1-2-3;;;;;;;;/h2-4H,1H3;3-6H,2H2,1H3;2-5H,1H3;3H,2H2,1H3;2H2,1H3;1H2;2H2,1H3;8*1H4. The fourth-order valence-electron chi connectivity index (χ4n) is 3.70. The minimum absolute atomic E-state index is 0. The average Bonchev–Trinajstić information content (AvgIpc) is 3.09. The van der Waals surface area contributed by atoms with E-state index in [0.29, 0.717) is 53.9 Å². The summed E-state index contributed by atoms with van der Waals surface area (Å²) >= 11 is 0. The van der Waals surface area contributed by atoms with Crippen LogP contribution in [0, 0.1) is 19.8 Å². The molecule has 77 heavy (non-hydrogen) atoms. The molecule has 0 fully saturated rings. The second-order valence-electron chi connectivity index (χ2n) is 12.8. The Balaban J connectivity index is -0.0000000651. The van der Waals surface area contributed by atoms with Crippen molar-refractivity contribution in [3.05, 3.63) is 94.5 Å². The monoisotopic (exact) mass is 1250 g/mol. The number of ether oxygens (including phenoxy) is 1. The molecule has 3 aromatic carbocycles. The molecule has 0 saturated carbocycles. The van der Waals surface area contributed by atoms with Gasteiger partial charge in [-0.3, -0.25) is 9.13 Å². The minimum Gasteiger partial charge on any atom is -0.292 e. The summed E-state index contributed by atoms with van der Waals surface area (Å²) in [5.74, 6) is -3.19. The highest BCUT2D eigenvalue weighted by atomic mass is 32.5. The maximum Gasteiger partial charge on any atom is 0.522 e. The zero-order valence-electron chi connectivity index (χ0n) is 35.5. The fourth-order valence-corrected chi connectivity index (χ4v) is 5.00. The second kappa shape index (κ2) is 34.4. The maximum absolute atomic E-state index is 12.2. The van der Waals surface area contributed by atoms with Crippen LogP contribution in [0.1, 0.15) is 121 Å². The van der Waals surface area contributed by atoms with Crippen LogP contribution >= 0.6 is 20.4 Å². The van der Waals surface area contributed by atoms with E-state index in [9.17, 15) is 127 Å². The summed E-state index contributed by atoms with van der Waals surface area (Å²) in [6.07, 6.45) is -29.4. The molecule has 1 nitrogen and oxygen atoms in total. The van der Waals surface area contributed by atoms with Gasteiger partial charge in [-0.05, 0) is 94.1 Å². The highest BCUT2D eigenvalue weighted by molar-refractivity contribution is 8.46. The predicted octanol–water partition coefficient (Wildman–Crippen LogP) is 25.9. The van der Waals surface area contributed by atoms with Gasteiger partial charge < -0.3 is 0 Å². The second-order valence-corrected chi connectivity index (χ2v) is 17.6. The third-order valence-corrected chi connectivity index (χ3v) is 8.96. The van der Waals surface area contributed by atoms with Crippen molar-refractivity contribution < 1.29 is 131 Å². The number of aryl methyl sites for hydroxylation is 3. The van der Waals surface area contributed by atoms with Crippen LogP contribution < -0.4 is 0 Å². The number of halogens is 30. The SMILES string of the molecule is C.C.C.C.C.C.C.C.CCC(C(F)(F)F)C(F)(F)F.CCF.CCOC(F)(F)F.CCc1ccc(S(F)(F)(F)(F)F)cc1.Cc1cc(C(F)(F)F)cc(C(F)(F)F)c1.Cc1ccc(S(F)(F)(F)(F)F)cc1.FCC(F)(F)F. The normalized spacial score (nSPS) is 12.9. The van der Waals surface area contributed by atoms with Gasteiger partial charge in [-0.1, -0.05) is 142 Å². The van der Waals surface area contributed by atoms with Crippen LogP contribution in [0.15, 0.2) is 76.5 Å². The number of rotatable bonds is 5. The first-order valence-corrected chi connectivity index (χ1v) is 21.7. The molecule has 0 unspecified atom stereocenters. The van der Waals surface area contributed by atoms with Crippen LogP contribution in [-0.4, -0.2) is 44.8 Å². The molecule has 0 atom stereocenters. The van der Waals surface area contributed by atoms with Gasteiger partial charge >= 0.3 is 57.7 Å². The summed E-state index contributed by atoms with van der Waals surface area (Å²) in [6, 6.07) is 7.26. The molecule has 0 aliphatic heterocycles. The van der Waals surface area contributed by atoms with E-state index in [0.717, 1.165) is 31.2 Å². The molecule has 0 aliphatic rings. The molecule has 0 aliphatic carbocycles. The maximum atomic E-state index is 12.2. The lowest BCUT2D eigenvalue weighted by atomic mass is 10.1. The molecule has 0 radical (unpaired) electrons. The van der Waals surface area contributed by atoms with Crippen LogP contribution in [-0.2, 0) is 23.5 Å². The lowest BCUT2D eigenvalue weighted by molar-refractivity contribution is -0.322. The van der Waals surface area contributed by atoms with E-state index in [-0.39, 0.29) is 84.3 Å². The van der Waals surface area contributed by atoms with E-state index >= 15 is 0 Å². The van der Waals surface area contributed by atoms with Crippen molar-refractivity contribution in [1.82, 2.24) is 0 Å². The van der Waals surface area contributed by atoms with E-state index in [1.807, 2.05) is 0 Å². The molecule has 0 amide bonds. The number of alkyl halides is 20. The van der Waals surface area contributed by atoms with Crippen molar-refractivity contribution in [2.45, 2.75) is 161 Å². The molecule has 0 bridgehead atoms. The summed E-state index contributed by atoms with van der Waals surface area (Å²) in [6.45, 7) is 5.24. The molecule has 0 saturated heterocycles. The smallest absolute Gasteiger partial charge is 0.292 e. The summed E-state index contributed by atoms with van der Waals surface area (Å²) in [4.78, 5) is -3.67. The predicted molar refractivity (Wildman–Crippen MR) is 252 cm³/mol. The van der Waals surface area contributed by atoms with Crippen LogP contribution in [0.5, 0.6) is 0 Å². The summed E-state index contributed by atoms with van der Waals surface area (Å²) < 4.78 is 351. The van der Waals surface area contributed by atoms with E-state index in [1.165, 1.54) is 27.7 Å². The lowest BCUT2D eigenvalue weighted by Gasteiger charge is -2.40. The molecular weight excluding hydrogens is 1180 g/mol. The van der Waals surface area contributed by atoms with Gasteiger partial charge in [-0.25, -0.2) is 4.39 Å². The van der Waals surface area contributed by atoms with Crippen molar-refractivity contribution in [2.24, 2.45) is 5.92 Å². The fraction of sp³-hybridized carbons (Fsp3) is 0.591. The van der Waals surface area contributed by atoms with Gasteiger partial charge in [0.25, 0.3) is 0 Å². The molecule has 0 spiro atoms. The minimum atomic E-state index is -9.47. The van der Waals surface area contributed by atoms with Gasteiger partial charge in [0.05, 0.1) is 24.4 Å². The summed E-state index contributed by atoms with van der Waals surface area (Å²) in [7, 11) is -18.9. The Morgan fingerprint density at radius 3 is 0.831 bits per heavy atom. The van der Waals surface area contributed by atoms with Gasteiger partial charge in [0.15, 0.2) is 6.67 Å². The van der Waals surface area contributed by atoms with Gasteiger partial charge in [-0.2, -0.15) is 65.9 Å². The Kier molecular flexibility index (Phi) is 45.5. The Morgan fingerprint density at radius 1 is 0.429 bits per heavy atom. The highest BCUT2D eigenvalue weighted by Crippen LogP contribution is 3.02. The highest BCUT2D eigenvalue weighted by Gasteiger charge is 2.66. The van der Waals surface area contributed by atoms with Crippen LogP contribution in [0.2, 0.25) is 0 Å². The average molecular weight is 1250 g/mol. The first-order valence-electron chi connectivity index (χ1n) is 17.8. The molecule has 476 valence electrons. The molecule has 0 heterocycles. The molecule has 33 heteroatoms. The Hall–Kier alpha value is -3.78. The quantitative estimate of drug-likeness (QED) is 0.231. The molecular formula is C44H72F30OS2.